The average molecular weight is 1320 g/mol. The Morgan fingerprint density at radius 2 is 0.688 bits per heavy atom. The second-order valence-electron chi connectivity index (χ2n) is 28.5. The number of unbranched alkanes of at least 4 members (excludes halogenated alkanes) is 55. The molecule has 7 unspecified atom stereocenters. The lowest BCUT2D eigenvalue weighted by atomic mass is 9.99. The summed E-state index contributed by atoms with van der Waals surface area (Å²) >= 11 is 0. The van der Waals surface area contributed by atoms with Gasteiger partial charge in [0, 0.05) is 12.8 Å². The van der Waals surface area contributed by atoms with Gasteiger partial charge in [0.25, 0.3) is 0 Å². The number of aliphatic hydroxyl groups excluding tert-OH is 5. The Morgan fingerprint density at radius 3 is 1.03 bits per heavy atom. The van der Waals surface area contributed by atoms with Crippen molar-refractivity contribution < 1.29 is 49.3 Å². The molecule has 1 amide bonds. The molecule has 0 saturated carbocycles. The minimum Gasteiger partial charge on any atom is -0.466 e. The Morgan fingerprint density at radius 1 is 0.387 bits per heavy atom. The Balaban J connectivity index is 1.85. The lowest BCUT2D eigenvalue weighted by Gasteiger charge is -2.40. The number of hydrogen-bond donors (Lipinski definition) is 6. The summed E-state index contributed by atoms with van der Waals surface area (Å²) in [6.45, 7) is 4.37. The molecule has 1 aliphatic heterocycles. The lowest BCUT2D eigenvalue weighted by molar-refractivity contribution is -0.302. The maximum Gasteiger partial charge on any atom is 0.305 e. The van der Waals surface area contributed by atoms with E-state index in [-0.39, 0.29) is 18.5 Å². The quantitative estimate of drug-likeness (QED) is 0.0195. The molecular formula is C82H155NO10. The van der Waals surface area contributed by atoms with Crippen LogP contribution >= 0.6 is 0 Å². The van der Waals surface area contributed by atoms with E-state index >= 15 is 0 Å². The second-order valence-corrected chi connectivity index (χ2v) is 28.5. The van der Waals surface area contributed by atoms with Crippen LogP contribution in [0.4, 0.5) is 0 Å². The first-order chi connectivity index (χ1) is 45.7. The van der Waals surface area contributed by atoms with Crippen molar-refractivity contribution in [3.05, 3.63) is 36.5 Å². The molecule has 0 spiro atoms. The number of nitrogens with one attached hydrogen (secondary N) is 1. The number of ether oxygens (including phenoxy) is 3. The number of allylic oxidation sites excluding steroid dienone is 5. The minimum absolute atomic E-state index is 0.00999. The van der Waals surface area contributed by atoms with Crippen molar-refractivity contribution in [1.82, 2.24) is 5.32 Å². The molecule has 1 rings (SSSR count). The molecule has 1 saturated heterocycles. The van der Waals surface area contributed by atoms with Crippen LogP contribution in [0.2, 0.25) is 0 Å². The number of esters is 1. The third-order valence-electron chi connectivity index (χ3n) is 19.5. The Bertz CT molecular complexity index is 1640. The lowest BCUT2D eigenvalue weighted by Crippen LogP contribution is -2.60. The van der Waals surface area contributed by atoms with Gasteiger partial charge in [-0.15, -0.1) is 0 Å². The number of hydrogen-bond acceptors (Lipinski definition) is 10. The van der Waals surface area contributed by atoms with E-state index in [9.17, 15) is 35.1 Å². The van der Waals surface area contributed by atoms with Crippen molar-refractivity contribution in [3.8, 4) is 0 Å². The fraction of sp³-hybridized carbons (Fsp3) is 0.902. The predicted molar refractivity (Wildman–Crippen MR) is 394 cm³/mol. The highest BCUT2D eigenvalue weighted by atomic mass is 16.7. The largest absolute Gasteiger partial charge is 0.466 e. The number of carbonyl (C=O) groups is 2. The molecule has 1 fully saturated rings. The second kappa shape index (κ2) is 71.2. The van der Waals surface area contributed by atoms with Gasteiger partial charge in [0.1, 0.15) is 24.4 Å². The van der Waals surface area contributed by atoms with Crippen LogP contribution in [0.3, 0.4) is 0 Å². The van der Waals surface area contributed by atoms with Crippen LogP contribution in [0.5, 0.6) is 0 Å². The van der Waals surface area contributed by atoms with E-state index in [2.05, 4.69) is 43.5 Å². The number of aliphatic hydroxyl groups is 5. The average Bonchev–Trinajstić information content (AvgIpc) is 0.927. The van der Waals surface area contributed by atoms with Gasteiger partial charge in [-0.25, -0.2) is 0 Å². The first-order valence-corrected chi connectivity index (χ1v) is 40.8. The maximum atomic E-state index is 13.0. The van der Waals surface area contributed by atoms with Crippen molar-refractivity contribution in [3.63, 3.8) is 0 Å². The monoisotopic (exact) mass is 1310 g/mol. The van der Waals surface area contributed by atoms with Crippen molar-refractivity contribution in [2.45, 2.75) is 455 Å². The van der Waals surface area contributed by atoms with Gasteiger partial charge < -0.3 is 45.1 Å². The molecule has 7 atom stereocenters. The zero-order chi connectivity index (χ0) is 67.2. The molecule has 0 radical (unpaired) electrons. The van der Waals surface area contributed by atoms with Crippen molar-refractivity contribution in [2.24, 2.45) is 0 Å². The number of rotatable bonds is 73. The standard InChI is InChI=1S/C82H155NO10/c1-3-5-7-9-11-13-15-16-17-44-47-50-54-58-62-66-70-78(87)91-71-67-63-59-55-51-48-45-42-40-38-36-34-32-30-28-26-24-22-20-18-19-21-23-25-27-29-31-33-35-37-39-41-43-46-49-53-57-61-65-69-77(86)83-74(73-92-82-81(90)80(89)79(88)76(72-84)93-82)75(85)68-64-60-56-52-14-12-10-8-6-4-2/h17-19,44,64,68,74-76,79-82,84-85,88-90H,3-16,20-43,45-63,65-67,69-73H2,1-2H3,(H,83,86)/b19-18-,44-17-,68-64+. The van der Waals surface area contributed by atoms with E-state index in [1.807, 2.05) is 6.08 Å². The van der Waals surface area contributed by atoms with E-state index in [4.69, 9.17) is 14.2 Å². The molecule has 0 bridgehead atoms. The van der Waals surface area contributed by atoms with Gasteiger partial charge in [0.05, 0.1) is 32.0 Å². The van der Waals surface area contributed by atoms with Gasteiger partial charge in [-0.05, 0) is 83.5 Å². The van der Waals surface area contributed by atoms with Crippen LogP contribution in [0.1, 0.15) is 412 Å². The highest BCUT2D eigenvalue weighted by Crippen LogP contribution is 2.24. The molecule has 0 aromatic rings. The van der Waals surface area contributed by atoms with Crippen LogP contribution < -0.4 is 5.32 Å². The summed E-state index contributed by atoms with van der Waals surface area (Å²) in [7, 11) is 0. The Labute approximate surface area is 574 Å². The molecule has 1 aliphatic rings. The molecule has 93 heavy (non-hydrogen) atoms. The summed E-state index contributed by atoms with van der Waals surface area (Å²) < 4.78 is 16.8. The van der Waals surface area contributed by atoms with Crippen LogP contribution in [-0.4, -0.2) is 100 Å². The van der Waals surface area contributed by atoms with Gasteiger partial charge in [-0.2, -0.15) is 0 Å². The molecule has 0 aromatic carbocycles. The molecule has 11 heteroatoms. The van der Waals surface area contributed by atoms with Gasteiger partial charge in [0.15, 0.2) is 6.29 Å². The molecule has 6 N–H and O–H groups in total. The van der Waals surface area contributed by atoms with Gasteiger partial charge in [-0.3, -0.25) is 9.59 Å². The van der Waals surface area contributed by atoms with E-state index in [0.29, 0.717) is 19.4 Å². The SMILES string of the molecule is CCCCCCCCC/C=C\CCCCCCCC(=O)OCCCCCCCCCCCCCCCCCCCC/C=C\CCCCCCCCCCCCCCCCCCCC(=O)NC(COC1OC(CO)C(O)C(O)C1O)C(O)/C=C/CCCCCCCCCC. The van der Waals surface area contributed by atoms with Crippen LogP contribution in [0.25, 0.3) is 0 Å². The molecule has 0 aliphatic carbocycles. The van der Waals surface area contributed by atoms with Gasteiger partial charge >= 0.3 is 5.97 Å². The van der Waals surface area contributed by atoms with E-state index in [0.717, 1.165) is 57.8 Å². The predicted octanol–water partition coefficient (Wildman–Crippen LogP) is 22.1. The molecular weight excluding hydrogens is 1160 g/mol. The van der Waals surface area contributed by atoms with Gasteiger partial charge in [-0.1, -0.05) is 352 Å². The van der Waals surface area contributed by atoms with Crippen LogP contribution in [0.15, 0.2) is 36.5 Å². The number of amides is 1. The summed E-state index contributed by atoms with van der Waals surface area (Å²) in [4.78, 5) is 25.2. The fourth-order valence-electron chi connectivity index (χ4n) is 13.1. The fourth-order valence-corrected chi connectivity index (χ4v) is 13.1. The smallest absolute Gasteiger partial charge is 0.305 e. The van der Waals surface area contributed by atoms with Crippen LogP contribution in [0, 0.1) is 0 Å². The van der Waals surface area contributed by atoms with Gasteiger partial charge in [0.2, 0.25) is 5.91 Å². The zero-order valence-electron chi connectivity index (χ0n) is 61.2. The first kappa shape index (κ1) is 88.9. The molecule has 0 aromatic heterocycles. The highest BCUT2D eigenvalue weighted by Gasteiger charge is 2.44. The number of carbonyl (C=O) groups excluding carboxylic acids is 2. The summed E-state index contributed by atoms with van der Waals surface area (Å²) in [5, 5.41) is 54.4. The van der Waals surface area contributed by atoms with Crippen molar-refractivity contribution in [2.75, 3.05) is 19.8 Å². The molecule has 11 nitrogen and oxygen atoms in total. The van der Waals surface area contributed by atoms with Crippen molar-refractivity contribution >= 4 is 11.9 Å². The normalized spacial score (nSPS) is 17.6. The van der Waals surface area contributed by atoms with E-state index in [1.54, 1.807) is 6.08 Å². The summed E-state index contributed by atoms with van der Waals surface area (Å²) in [6, 6.07) is -0.806. The van der Waals surface area contributed by atoms with Crippen molar-refractivity contribution in [1.29, 1.82) is 0 Å². The zero-order valence-corrected chi connectivity index (χ0v) is 61.2. The Hall–Kier alpha value is -2.12. The summed E-state index contributed by atoms with van der Waals surface area (Å²) in [5.41, 5.74) is 0. The topological polar surface area (TPSA) is 175 Å². The van der Waals surface area contributed by atoms with E-state index in [1.165, 1.54) is 327 Å². The first-order valence-electron chi connectivity index (χ1n) is 40.8. The maximum absolute atomic E-state index is 13.0. The summed E-state index contributed by atoms with van der Waals surface area (Å²) in [5.74, 6) is -0.167. The molecule has 1 heterocycles. The third kappa shape index (κ3) is 59.6. The summed E-state index contributed by atoms with van der Waals surface area (Å²) in [6.07, 6.45) is 83.4. The molecule has 548 valence electrons. The minimum atomic E-state index is -1.57. The van der Waals surface area contributed by atoms with E-state index < -0.39 is 49.5 Å². The van der Waals surface area contributed by atoms with Crippen LogP contribution in [-0.2, 0) is 23.8 Å². The highest BCUT2D eigenvalue weighted by molar-refractivity contribution is 5.76. The Kier molecular flexibility index (Phi) is 68.0. The third-order valence-corrected chi connectivity index (χ3v) is 19.5.